The second kappa shape index (κ2) is 10.8. The van der Waals surface area contributed by atoms with E-state index in [1.165, 1.54) is 11.8 Å². The molecule has 1 fully saturated rings. The van der Waals surface area contributed by atoms with Crippen LogP contribution in [0, 0.1) is 6.92 Å². The summed E-state index contributed by atoms with van der Waals surface area (Å²) in [5, 5.41) is 9.30. The van der Waals surface area contributed by atoms with Gasteiger partial charge in [-0.2, -0.15) is 4.31 Å². The first-order valence-electron chi connectivity index (χ1n) is 11.7. The standard InChI is InChI=1S/C25H30N4O3S2/c1-3-29-24(26-27-25(29)33-18-23(30)20-10-8-19(2)9-11-20)21-12-14-22(15-13-21)34(31,32)28-16-6-4-5-7-17-28/h8-15H,3-7,16-18H2,1-2H3. The third kappa shape index (κ3) is 5.42. The molecule has 0 bridgehead atoms. The molecule has 3 aromatic rings. The number of aryl methyl sites for hydroxylation is 1. The Morgan fingerprint density at radius 2 is 1.59 bits per heavy atom. The van der Waals surface area contributed by atoms with Crippen LogP contribution in [0.1, 0.15) is 48.5 Å². The molecule has 180 valence electrons. The Bertz CT molecular complexity index is 1230. The number of hydrogen-bond acceptors (Lipinski definition) is 6. The topological polar surface area (TPSA) is 85.2 Å². The fourth-order valence-corrected chi connectivity index (χ4v) is 6.47. The first kappa shape index (κ1) is 24.6. The number of thioether (sulfide) groups is 1. The molecule has 0 amide bonds. The molecule has 1 aliphatic rings. The molecule has 9 heteroatoms. The highest BCUT2D eigenvalue weighted by molar-refractivity contribution is 7.99. The van der Waals surface area contributed by atoms with Gasteiger partial charge in [-0.3, -0.25) is 4.79 Å². The van der Waals surface area contributed by atoms with Gasteiger partial charge in [-0.1, -0.05) is 54.4 Å². The molecule has 2 heterocycles. The monoisotopic (exact) mass is 498 g/mol. The van der Waals surface area contributed by atoms with Gasteiger partial charge in [-0.05, 0) is 51.0 Å². The number of aromatic nitrogens is 3. The fourth-order valence-electron chi connectivity index (χ4n) is 4.05. The molecule has 7 nitrogen and oxygen atoms in total. The normalized spacial score (nSPS) is 15.2. The summed E-state index contributed by atoms with van der Waals surface area (Å²) in [6, 6.07) is 14.4. The van der Waals surface area contributed by atoms with E-state index in [0.29, 0.717) is 41.1 Å². The van der Waals surface area contributed by atoms with E-state index in [-0.39, 0.29) is 11.5 Å². The maximum absolute atomic E-state index is 13.1. The SMILES string of the molecule is CCn1c(SCC(=O)c2ccc(C)cc2)nnc1-c1ccc(S(=O)(=O)N2CCCCCC2)cc1. The molecule has 1 aliphatic heterocycles. The Balaban J connectivity index is 1.49. The van der Waals surface area contributed by atoms with Crippen molar-refractivity contribution >= 4 is 27.6 Å². The van der Waals surface area contributed by atoms with Gasteiger partial charge in [0.2, 0.25) is 10.0 Å². The molecule has 34 heavy (non-hydrogen) atoms. The molecule has 0 unspecified atom stereocenters. The van der Waals surface area contributed by atoms with Crippen LogP contribution in [0.5, 0.6) is 0 Å². The fraction of sp³-hybridized carbons (Fsp3) is 0.400. The van der Waals surface area contributed by atoms with Crippen molar-refractivity contribution in [3.05, 3.63) is 59.7 Å². The molecule has 4 rings (SSSR count). The molecule has 0 saturated carbocycles. The zero-order chi connectivity index (χ0) is 24.1. The summed E-state index contributed by atoms with van der Waals surface area (Å²) >= 11 is 1.36. The predicted octanol–water partition coefficient (Wildman–Crippen LogP) is 4.81. The van der Waals surface area contributed by atoms with E-state index < -0.39 is 10.0 Å². The molecule has 0 radical (unpaired) electrons. The summed E-state index contributed by atoms with van der Waals surface area (Å²) in [5.41, 5.74) is 2.59. The largest absolute Gasteiger partial charge is 0.302 e. The number of sulfonamides is 1. The number of hydrogen-bond donors (Lipinski definition) is 0. The molecule has 1 aromatic heterocycles. The van der Waals surface area contributed by atoms with Gasteiger partial charge in [0.25, 0.3) is 0 Å². The second-order valence-corrected chi connectivity index (χ2v) is 11.4. The van der Waals surface area contributed by atoms with Gasteiger partial charge in [-0.25, -0.2) is 8.42 Å². The first-order chi connectivity index (χ1) is 16.4. The zero-order valence-corrected chi connectivity index (χ0v) is 21.2. The van der Waals surface area contributed by atoms with E-state index in [0.717, 1.165) is 36.8 Å². The third-order valence-corrected chi connectivity index (χ3v) is 8.93. The molecule has 0 aliphatic carbocycles. The van der Waals surface area contributed by atoms with Crippen LogP contribution in [0.3, 0.4) is 0 Å². The van der Waals surface area contributed by atoms with E-state index in [2.05, 4.69) is 10.2 Å². The summed E-state index contributed by atoms with van der Waals surface area (Å²) in [6.07, 6.45) is 3.97. The first-order valence-corrected chi connectivity index (χ1v) is 14.1. The van der Waals surface area contributed by atoms with Gasteiger partial charge in [0.1, 0.15) is 0 Å². The third-order valence-electron chi connectivity index (χ3n) is 6.05. The van der Waals surface area contributed by atoms with Crippen LogP contribution in [0.15, 0.2) is 58.6 Å². The number of carbonyl (C=O) groups is 1. The minimum Gasteiger partial charge on any atom is -0.302 e. The Kier molecular flexibility index (Phi) is 7.85. The number of ketones is 1. The smallest absolute Gasteiger partial charge is 0.243 e. The highest BCUT2D eigenvalue weighted by Crippen LogP contribution is 2.27. The van der Waals surface area contributed by atoms with E-state index in [4.69, 9.17) is 0 Å². The average molecular weight is 499 g/mol. The molecule has 0 spiro atoms. The van der Waals surface area contributed by atoms with Gasteiger partial charge in [-0.15, -0.1) is 10.2 Å². The molecule has 0 N–H and O–H groups in total. The lowest BCUT2D eigenvalue weighted by atomic mass is 10.1. The lowest BCUT2D eigenvalue weighted by Crippen LogP contribution is -2.31. The van der Waals surface area contributed by atoms with Gasteiger partial charge in [0.05, 0.1) is 10.6 Å². The predicted molar refractivity (Wildman–Crippen MR) is 135 cm³/mol. The Labute approximate surface area is 205 Å². The van der Waals surface area contributed by atoms with Crippen molar-refractivity contribution in [2.45, 2.75) is 56.1 Å². The van der Waals surface area contributed by atoms with Crippen molar-refractivity contribution in [1.29, 1.82) is 0 Å². The average Bonchev–Trinajstić information content (AvgIpc) is 3.05. The van der Waals surface area contributed by atoms with Crippen LogP contribution < -0.4 is 0 Å². The Morgan fingerprint density at radius 1 is 0.941 bits per heavy atom. The van der Waals surface area contributed by atoms with E-state index in [1.54, 1.807) is 28.6 Å². The second-order valence-electron chi connectivity index (χ2n) is 8.47. The van der Waals surface area contributed by atoms with Gasteiger partial charge < -0.3 is 4.57 Å². The van der Waals surface area contributed by atoms with Crippen molar-refractivity contribution in [2.24, 2.45) is 0 Å². The van der Waals surface area contributed by atoms with E-state index >= 15 is 0 Å². The van der Waals surface area contributed by atoms with Crippen molar-refractivity contribution < 1.29 is 13.2 Å². The van der Waals surface area contributed by atoms with E-state index in [9.17, 15) is 13.2 Å². The van der Waals surface area contributed by atoms with Crippen molar-refractivity contribution in [3.63, 3.8) is 0 Å². The minimum atomic E-state index is -3.49. The number of benzene rings is 2. The van der Waals surface area contributed by atoms with Crippen LogP contribution in [0.2, 0.25) is 0 Å². The lowest BCUT2D eigenvalue weighted by molar-refractivity contribution is 0.102. The Hall–Kier alpha value is -2.49. The maximum Gasteiger partial charge on any atom is 0.243 e. The summed E-state index contributed by atoms with van der Waals surface area (Å²) in [5.74, 6) is 0.973. The van der Waals surface area contributed by atoms with Crippen molar-refractivity contribution in [1.82, 2.24) is 19.1 Å². The maximum atomic E-state index is 13.1. The number of Topliss-reactive ketones (excluding diaryl/α,β-unsaturated/α-hetero) is 1. The highest BCUT2D eigenvalue weighted by atomic mass is 32.2. The van der Waals surface area contributed by atoms with Crippen LogP contribution in [-0.4, -0.2) is 52.1 Å². The van der Waals surface area contributed by atoms with E-state index in [1.807, 2.05) is 42.7 Å². The van der Waals surface area contributed by atoms with Gasteiger partial charge in [0.15, 0.2) is 16.8 Å². The summed E-state index contributed by atoms with van der Waals surface area (Å²) in [6.45, 7) is 5.78. The number of rotatable bonds is 8. The van der Waals surface area contributed by atoms with Crippen molar-refractivity contribution in [3.8, 4) is 11.4 Å². The summed E-state index contributed by atoms with van der Waals surface area (Å²) < 4.78 is 29.7. The summed E-state index contributed by atoms with van der Waals surface area (Å²) in [4.78, 5) is 12.9. The minimum absolute atomic E-state index is 0.0419. The lowest BCUT2D eigenvalue weighted by Gasteiger charge is -2.20. The quantitative estimate of drug-likeness (QED) is 0.327. The molecular weight excluding hydrogens is 468 g/mol. The van der Waals surface area contributed by atoms with Gasteiger partial charge in [0, 0.05) is 30.8 Å². The molecule has 0 atom stereocenters. The molecular formula is C25H30N4O3S2. The van der Waals surface area contributed by atoms with Crippen LogP contribution in [0.4, 0.5) is 0 Å². The molecule has 1 saturated heterocycles. The zero-order valence-electron chi connectivity index (χ0n) is 19.6. The van der Waals surface area contributed by atoms with Crippen LogP contribution in [0.25, 0.3) is 11.4 Å². The number of carbonyl (C=O) groups excluding carboxylic acids is 1. The van der Waals surface area contributed by atoms with Gasteiger partial charge >= 0.3 is 0 Å². The van der Waals surface area contributed by atoms with Crippen molar-refractivity contribution in [2.75, 3.05) is 18.8 Å². The van der Waals surface area contributed by atoms with Crippen LogP contribution in [-0.2, 0) is 16.6 Å². The van der Waals surface area contributed by atoms with Crippen LogP contribution >= 0.6 is 11.8 Å². The Morgan fingerprint density at radius 3 is 2.21 bits per heavy atom. The highest BCUT2D eigenvalue weighted by Gasteiger charge is 2.25. The number of nitrogens with zero attached hydrogens (tertiary/aromatic N) is 4. The summed E-state index contributed by atoms with van der Waals surface area (Å²) in [7, 11) is -3.49. The molecule has 2 aromatic carbocycles.